The molecule has 0 saturated heterocycles. The smallest absolute Gasteiger partial charge is 0.0606 e. The lowest BCUT2D eigenvalue weighted by atomic mass is 10.1. The van der Waals surface area contributed by atoms with E-state index < -0.39 is 0 Å². The van der Waals surface area contributed by atoms with E-state index in [-0.39, 0.29) is 6.61 Å². The minimum Gasteiger partial charge on any atom is -0.395 e. The van der Waals surface area contributed by atoms with E-state index in [2.05, 4.69) is 24.1 Å². The Labute approximate surface area is 108 Å². The third kappa shape index (κ3) is 4.19. The molecule has 0 atom stereocenters. The van der Waals surface area contributed by atoms with E-state index in [0.29, 0.717) is 6.54 Å². The summed E-state index contributed by atoms with van der Waals surface area (Å²) in [6.45, 7) is 7.58. The summed E-state index contributed by atoms with van der Waals surface area (Å²) in [4.78, 5) is 2.16. The molecule has 96 valence electrons. The first kappa shape index (κ1) is 14.3. The largest absolute Gasteiger partial charge is 0.395 e. The Bertz CT molecular complexity index is 344. The van der Waals surface area contributed by atoms with E-state index >= 15 is 0 Å². The quantitative estimate of drug-likeness (QED) is 0.786. The minimum absolute atomic E-state index is 0.164. The maximum absolute atomic E-state index is 9.07. The van der Waals surface area contributed by atoms with Gasteiger partial charge in [0.2, 0.25) is 0 Å². The highest BCUT2D eigenvalue weighted by atomic mass is 35.5. The molecule has 17 heavy (non-hydrogen) atoms. The van der Waals surface area contributed by atoms with Crippen molar-refractivity contribution in [2.75, 3.05) is 31.1 Å². The van der Waals surface area contributed by atoms with Gasteiger partial charge in [0.05, 0.1) is 6.61 Å². The SMILES string of the molecule is CCNCc1cc(Cl)ccc1N(CC)CCO. The number of aliphatic hydroxyl groups is 1. The molecule has 0 aliphatic carbocycles. The summed E-state index contributed by atoms with van der Waals surface area (Å²) in [5.41, 5.74) is 2.32. The second kappa shape index (κ2) is 7.54. The first-order valence-electron chi connectivity index (χ1n) is 6.07. The number of hydrogen-bond donors (Lipinski definition) is 2. The van der Waals surface area contributed by atoms with Crippen LogP contribution in [-0.2, 0) is 6.54 Å². The third-order valence-corrected chi connectivity index (χ3v) is 2.93. The number of likely N-dealkylation sites (N-methyl/N-ethyl adjacent to an activating group) is 1. The van der Waals surface area contributed by atoms with Gasteiger partial charge in [-0.3, -0.25) is 0 Å². The Morgan fingerprint density at radius 3 is 2.71 bits per heavy atom. The molecule has 1 rings (SSSR count). The Kier molecular flexibility index (Phi) is 6.34. The Morgan fingerprint density at radius 2 is 2.12 bits per heavy atom. The number of aliphatic hydroxyl groups excluding tert-OH is 1. The zero-order valence-corrected chi connectivity index (χ0v) is 11.3. The van der Waals surface area contributed by atoms with Crippen LogP contribution in [0.4, 0.5) is 5.69 Å². The van der Waals surface area contributed by atoms with Crippen LogP contribution >= 0.6 is 11.6 Å². The van der Waals surface area contributed by atoms with Gasteiger partial charge in [-0.2, -0.15) is 0 Å². The molecule has 0 spiro atoms. The first-order chi connectivity index (χ1) is 8.22. The van der Waals surface area contributed by atoms with Gasteiger partial charge < -0.3 is 15.3 Å². The lowest BCUT2D eigenvalue weighted by Crippen LogP contribution is -2.28. The predicted octanol–water partition coefficient (Wildman–Crippen LogP) is 2.27. The molecule has 0 unspecified atom stereocenters. The molecule has 0 fully saturated rings. The zero-order valence-electron chi connectivity index (χ0n) is 10.5. The number of nitrogens with zero attached hydrogens (tertiary/aromatic N) is 1. The number of halogens is 1. The van der Waals surface area contributed by atoms with Crippen molar-refractivity contribution in [3.63, 3.8) is 0 Å². The first-order valence-corrected chi connectivity index (χ1v) is 6.45. The van der Waals surface area contributed by atoms with Crippen LogP contribution in [0.1, 0.15) is 19.4 Å². The van der Waals surface area contributed by atoms with E-state index in [1.165, 1.54) is 5.56 Å². The van der Waals surface area contributed by atoms with E-state index in [1.807, 2.05) is 18.2 Å². The number of nitrogens with one attached hydrogen (secondary N) is 1. The number of rotatable bonds is 7. The van der Waals surface area contributed by atoms with Crippen LogP contribution in [0.5, 0.6) is 0 Å². The molecule has 0 aromatic heterocycles. The average molecular weight is 257 g/mol. The van der Waals surface area contributed by atoms with Gasteiger partial charge in [-0.15, -0.1) is 0 Å². The molecule has 0 aliphatic heterocycles. The van der Waals surface area contributed by atoms with Crippen molar-refractivity contribution in [2.24, 2.45) is 0 Å². The van der Waals surface area contributed by atoms with Crippen LogP contribution < -0.4 is 10.2 Å². The van der Waals surface area contributed by atoms with Gasteiger partial charge in [0, 0.05) is 30.3 Å². The molecule has 1 aromatic carbocycles. The Balaban J connectivity index is 2.94. The zero-order chi connectivity index (χ0) is 12.7. The van der Waals surface area contributed by atoms with Crippen LogP contribution in [0.3, 0.4) is 0 Å². The van der Waals surface area contributed by atoms with Gasteiger partial charge in [-0.05, 0) is 37.2 Å². The van der Waals surface area contributed by atoms with E-state index in [9.17, 15) is 0 Å². The fourth-order valence-electron chi connectivity index (χ4n) is 1.83. The van der Waals surface area contributed by atoms with Gasteiger partial charge >= 0.3 is 0 Å². The summed E-state index contributed by atoms with van der Waals surface area (Å²) in [6, 6.07) is 5.90. The summed E-state index contributed by atoms with van der Waals surface area (Å²) in [6.07, 6.45) is 0. The van der Waals surface area contributed by atoms with Gasteiger partial charge in [0.15, 0.2) is 0 Å². The van der Waals surface area contributed by atoms with Crippen molar-refractivity contribution < 1.29 is 5.11 Å². The highest BCUT2D eigenvalue weighted by Gasteiger charge is 2.09. The molecule has 0 aliphatic rings. The number of benzene rings is 1. The molecule has 1 aromatic rings. The van der Waals surface area contributed by atoms with E-state index in [1.54, 1.807) is 0 Å². The van der Waals surface area contributed by atoms with Gasteiger partial charge in [0.25, 0.3) is 0 Å². The molecule has 0 amide bonds. The maximum Gasteiger partial charge on any atom is 0.0606 e. The van der Waals surface area contributed by atoms with Crippen LogP contribution in [0.15, 0.2) is 18.2 Å². The van der Waals surface area contributed by atoms with Crippen molar-refractivity contribution in [1.29, 1.82) is 0 Å². The lowest BCUT2D eigenvalue weighted by molar-refractivity contribution is 0.302. The summed E-state index contributed by atoms with van der Waals surface area (Å²) in [5, 5.41) is 13.1. The molecule has 0 saturated carbocycles. The average Bonchev–Trinajstić information content (AvgIpc) is 2.34. The summed E-state index contributed by atoms with van der Waals surface area (Å²) < 4.78 is 0. The molecule has 3 nitrogen and oxygen atoms in total. The van der Waals surface area contributed by atoms with Crippen molar-refractivity contribution in [3.8, 4) is 0 Å². The Hall–Kier alpha value is -0.770. The van der Waals surface area contributed by atoms with Gasteiger partial charge in [-0.25, -0.2) is 0 Å². The predicted molar refractivity (Wildman–Crippen MR) is 73.8 cm³/mol. The Morgan fingerprint density at radius 1 is 1.35 bits per heavy atom. The van der Waals surface area contributed by atoms with Crippen LogP contribution in [0.25, 0.3) is 0 Å². The molecule has 0 heterocycles. The summed E-state index contributed by atoms with van der Waals surface area (Å²) >= 11 is 6.03. The highest BCUT2D eigenvalue weighted by molar-refractivity contribution is 6.30. The standard InChI is InChI=1S/C13H21ClN2O/c1-3-15-10-11-9-12(14)5-6-13(11)16(4-2)7-8-17/h5-6,9,15,17H,3-4,7-8,10H2,1-2H3. The van der Waals surface area contributed by atoms with Crippen LogP contribution in [-0.4, -0.2) is 31.3 Å². The third-order valence-electron chi connectivity index (χ3n) is 2.70. The lowest BCUT2D eigenvalue weighted by Gasteiger charge is -2.25. The van der Waals surface area contributed by atoms with Crippen molar-refractivity contribution in [2.45, 2.75) is 20.4 Å². The fraction of sp³-hybridized carbons (Fsp3) is 0.538. The normalized spacial score (nSPS) is 10.6. The van der Waals surface area contributed by atoms with Crippen molar-refractivity contribution in [3.05, 3.63) is 28.8 Å². The molecule has 0 radical (unpaired) electrons. The van der Waals surface area contributed by atoms with Crippen LogP contribution in [0.2, 0.25) is 5.02 Å². The number of anilines is 1. The van der Waals surface area contributed by atoms with Crippen LogP contribution in [0, 0.1) is 0 Å². The molecule has 4 heteroatoms. The summed E-state index contributed by atoms with van der Waals surface area (Å²) in [5.74, 6) is 0. The highest BCUT2D eigenvalue weighted by Crippen LogP contribution is 2.24. The van der Waals surface area contributed by atoms with Crippen molar-refractivity contribution in [1.82, 2.24) is 5.32 Å². The van der Waals surface area contributed by atoms with Gasteiger partial charge in [0.1, 0.15) is 0 Å². The van der Waals surface area contributed by atoms with Crippen molar-refractivity contribution >= 4 is 17.3 Å². The molecule has 0 bridgehead atoms. The van der Waals surface area contributed by atoms with Gasteiger partial charge in [-0.1, -0.05) is 18.5 Å². The molecule has 2 N–H and O–H groups in total. The minimum atomic E-state index is 0.164. The van der Waals surface area contributed by atoms with E-state index in [4.69, 9.17) is 16.7 Å². The summed E-state index contributed by atoms with van der Waals surface area (Å²) in [7, 11) is 0. The fourth-order valence-corrected chi connectivity index (χ4v) is 2.03. The van der Waals surface area contributed by atoms with E-state index in [0.717, 1.165) is 30.3 Å². The maximum atomic E-state index is 9.07. The topological polar surface area (TPSA) is 35.5 Å². The molecular weight excluding hydrogens is 236 g/mol. The second-order valence-corrected chi connectivity index (χ2v) is 4.29. The number of hydrogen-bond acceptors (Lipinski definition) is 3. The molecular formula is C13H21ClN2O. The monoisotopic (exact) mass is 256 g/mol. The second-order valence-electron chi connectivity index (χ2n) is 3.86.